The molecule has 2 rings (SSSR count). The minimum atomic E-state index is -0.890. The van der Waals surface area contributed by atoms with Crippen LogP contribution in [-0.2, 0) is 4.79 Å². The molecule has 19 heavy (non-hydrogen) atoms. The molecule has 0 aliphatic carbocycles. The lowest BCUT2D eigenvalue weighted by molar-refractivity contribution is -0.142. The van der Waals surface area contributed by atoms with E-state index in [1.165, 1.54) is 0 Å². The van der Waals surface area contributed by atoms with E-state index in [4.69, 9.17) is 5.11 Å². The summed E-state index contributed by atoms with van der Waals surface area (Å²) >= 11 is 0. The number of nitrogens with zero attached hydrogens (tertiary/aromatic N) is 1. The summed E-state index contributed by atoms with van der Waals surface area (Å²) < 4.78 is 0. The van der Waals surface area contributed by atoms with Crippen molar-refractivity contribution in [3.05, 3.63) is 35.4 Å². The lowest BCUT2D eigenvalue weighted by atomic mass is 10.0. The maximum Gasteiger partial charge on any atom is 0.306 e. The number of carbonyl (C=O) groups is 3. The molecule has 0 spiro atoms. The van der Waals surface area contributed by atoms with Gasteiger partial charge < -0.3 is 5.11 Å². The monoisotopic (exact) mass is 261 g/mol. The fourth-order valence-electron chi connectivity index (χ4n) is 2.23. The van der Waals surface area contributed by atoms with Crippen LogP contribution in [0.5, 0.6) is 0 Å². The van der Waals surface area contributed by atoms with Crippen molar-refractivity contribution in [1.82, 2.24) is 4.90 Å². The number of fused-ring (bicyclic) bond motifs is 1. The molecule has 1 aromatic rings. The zero-order chi connectivity index (χ0) is 14.0. The van der Waals surface area contributed by atoms with Gasteiger partial charge in [0.25, 0.3) is 11.8 Å². The van der Waals surface area contributed by atoms with Gasteiger partial charge in [0, 0.05) is 6.54 Å². The van der Waals surface area contributed by atoms with E-state index in [9.17, 15) is 14.4 Å². The first-order chi connectivity index (χ1) is 9.06. The van der Waals surface area contributed by atoms with Crippen molar-refractivity contribution < 1.29 is 19.5 Å². The number of aliphatic carboxylic acids is 1. The molecule has 1 N–H and O–H groups in total. The van der Waals surface area contributed by atoms with Crippen LogP contribution in [0.4, 0.5) is 0 Å². The van der Waals surface area contributed by atoms with Crippen LogP contribution in [0, 0.1) is 5.92 Å². The number of rotatable bonds is 5. The first-order valence-electron chi connectivity index (χ1n) is 6.24. The average molecular weight is 261 g/mol. The number of hydrogen-bond donors (Lipinski definition) is 1. The Morgan fingerprint density at radius 2 is 1.74 bits per heavy atom. The largest absolute Gasteiger partial charge is 0.481 e. The molecule has 0 radical (unpaired) electrons. The maximum absolute atomic E-state index is 12.0. The number of carboxylic acid groups (broad SMARTS) is 1. The number of carbonyl (C=O) groups excluding carboxylic acids is 2. The van der Waals surface area contributed by atoms with Crippen molar-refractivity contribution in [2.75, 3.05) is 6.54 Å². The van der Waals surface area contributed by atoms with E-state index >= 15 is 0 Å². The van der Waals surface area contributed by atoms with Crippen LogP contribution in [0.2, 0.25) is 0 Å². The summed E-state index contributed by atoms with van der Waals surface area (Å²) in [5, 5.41) is 8.96. The maximum atomic E-state index is 12.0. The summed E-state index contributed by atoms with van der Waals surface area (Å²) in [7, 11) is 0. The molecule has 1 heterocycles. The van der Waals surface area contributed by atoms with Crippen LogP contribution in [0.15, 0.2) is 24.3 Å². The predicted molar refractivity (Wildman–Crippen MR) is 67.8 cm³/mol. The smallest absolute Gasteiger partial charge is 0.306 e. The van der Waals surface area contributed by atoms with Crippen LogP contribution in [0.25, 0.3) is 0 Å². The van der Waals surface area contributed by atoms with Crippen LogP contribution in [0.1, 0.15) is 40.5 Å². The molecule has 0 saturated carbocycles. The molecule has 2 amide bonds. The first-order valence-corrected chi connectivity index (χ1v) is 6.24. The number of carboxylic acids is 1. The first kappa shape index (κ1) is 13.3. The van der Waals surface area contributed by atoms with Gasteiger partial charge in [0.2, 0.25) is 0 Å². The molecule has 1 unspecified atom stereocenters. The molecule has 1 aliphatic rings. The summed E-state index contributed by atoms with van der Waals surface area (Å²) in [5.41, 5.74) is 0.798. The number of hydrogen-bond acceptors (Lipinski definition) is 3. The van der Waals surface area contributed by atoms with Crippen molar-refractivity contribution in [3.8, 4) is 0 Å². The van der Waals surface area contributed by atoms with E-state index in [1.807, 2.05) is 0 Å². The van der Waals surface area contributed by atoms with E-state index < -0.39 is 11.9 Å². The van der Waals surface area contributed by atoms with Crippen LogP contribution < -0.4 is 0 Å². The van der Waals surface area contributed by atoms with E-state index in [-0.39, 0.29) is 24.8 Å². The highest BCUT2D eigenvalue weighted by atomic mass is 16.4. The van der Waals surface area contributed by atoms with Gasteiger partial charge >= 0.3 is 5.97 Å². The Labute approximate surface area is 110 Å². The SMILES string of the molecule is CCC(CCN1C(=O)c2ccccc2C1=O)C(=O)O. The second-order valence-electron chi connectivity index (χ2n) is 4.54. The highest BCUT2D eigenvalue weighted by molar-refractivity contribution is 6.21. The van der Waals surface area contributed by atoms with Crippen molar-refractivity contribution in [2.45, 2.75) is 19.8 Å². The van der Waals surface area contributed by atoms with E-state index in [0.717, 1.165) is 4.90 Å². The Bertz CT molecular complexity index is 503. The van der Waals surface area contributed by atoms with E-state index in [1.54, 1.807) is 31.2 Å². The molecule has 0 fully saturated rings. The van der Waals surface area contributed by atoms with E-state index in [2.05, 4.69) is 0 Å². The third-order valence-corrected chi connectivity index (χ3v) is 3.42. The molecular formula is C14H15NO4. The van der Waals surface area contributed by atoms with Crippen molar-refractivity contribution >= 4 is 17.8 Å². The fraction of sp³-hybridized carbons (Fsp3) is 0.357. The zero-order valence-corrected chi connectivity index (χ0v) is 10.6. The molecule has 0 aromatic heterocycles. The number of amides is 2. The van der Waals surface area contributed by atoms with Gasteiger partial charge in [-0.3, -0.25) is 19.3 Å². The third-order valence-electron chi connectivity index (χ3n) is 3.42. The van der Waals surface area contributed by atoms with Gasteiger partial charge in [0.05, 0.1) is 17.0 Å². The molecule has 1 aliphatic heterocycles. The molecular weight excluding hydrogens is 246 g/mol. The van der Waals surface area contributed by atoms with Gasteiger partial charge in [-0.25, -0.2) is 0 Å². The number of benzene rings is 1. The number of imide groups is 1. The standard InChI is InChI=1S/C14H15NO4/c1-2-9(14(18)19)7-8-15-12(16)10-5-3-4-6-11(10)13(15)17/h3-6,9H,2,7-8H2,1H3,(H,18,19). The lowest BCUT2D eigenvalue weighted by Crippen LogP contribution is -2.32. The van der Waals surface area contributed by atoms with Gasteiger partial charge in [0.15, 0.2) is 0 Å². The molecule has 1 aromatic carbocycles. The van der Waals surface area contributed by atoms with Crippen LogP contribution in [0.3, 0.4) is 0 Å². The summed E-state index contributed by atoms with van der Waals surface area (Å²) in [6.45, 7) is 1.93. The summed E-state index contributed by atoms with van der Waals surface area (Å²) in [5.74, 6) is -2.08. The summed E-state index contributed by atoms with van der Waals surface area (Å²) in [6, 6.07) is 6.65. The van der Waals surface area contributed by atoms with Crippen LogP contribution in [-0.4, -0.2) is 34.3 Å². The lowest BCUT2D eigenvalue weighted by Gasteiger charge is -2.16. The fourth-order valence-corrected chi connectivity index (χ4v) is 2.23. The molecule has 5 heteroatoms. The minimum Gasteiger partial charge on any atom is -0.481 e. The topological polar surface area (TPSA) is 74.7 Å². The van der Waals surface area contributed by atoms with Crippen molar-refractivity contribution in [3.63, 3.8) is 0 Å². The Kier molecular flexibility index (Phi) is 3.64. The second kappa shape index (κ2) is 5.22. The molecule has 1 atom stereocenters. The summed E-state index contributed by atoms with van der Waals surface area (Å²) in [4.78, 5) is 36.1. The quantitative estimate of drug-likeness (QED) is 0.820. The van der Waals surface area contributed by atoms with Crippen molar-refractivity contribution in [2.24, 2.45) is 5.92 Å². The Morgan fingerprint density at radius 3 is 2.16 bits per heavy atom. The molecule has 100 valence electrons. The predicted octanol–water partition coefficient (Wildman–Crippen LogP) is 1.78. The Balaban J connectivity index is 2.10. The van der Waals surface area contributed by atoms with Gasteiger partial charge in [0.1, 0.15) is 0 Å². The molecule has 0 bridgehead atoms. The van der Waals surface area contributed by atoms with Gasteiger partial charge in [-0.15, -0.1) is 0 Å². The molecule has 5 nitrogen and oxygen atoms in total. The van der Waals surface area contributed by atoms with Gasteiger partial charge in [-0.1, -0.05) is 19.1 Å². The highest BCUT2D eigenvalue weighted by Crippen LogP contribution is 2.23. The zero-order valence-electron chi connectivity index (χ0n) is 10.6. The summed E-state index contributed by atoms with van der Waals surface area (Å²) in [6.07, 6.45) is 0.774. The van der Waals surface area contributed by atoms with Gasteiger partial charge in [-0.2, -0.15) is 0 Å². The van der Waals surface area contributed by atoms with Gasteiger partial charge in [-0.05, 0) is 25.0 Å². The third kappa shape index (κ3) is 2.36. The average Bonchev–Trinajstić information content (AvgIpc) is 2.64. The molecule has 0 saturated heterocycles. The normalized spacial score (nSPS) is 15.5. The highest BCUT2D eigenvalue weighted by Gasteiger charge is 2.35. The Morgan fingerprint density at radius 1 is 1.21 bits per heavy atom. The Hall–Kier alpha value is -2.17. The van der Waals surface area contributed by atoms with E-state index in [0.29, 0.717) is 17.5 Å². The minimum absolute atomic E-state index is 0.150. The second-order valence-corrected chi connectivity index (χ2v) is 4.54. The van der Waals surface area contributed by atoms with Crippen molar-refractivity contribution in [1.29, 1.82) is 0 Å². The van der Waals surface area contributed by atoms with Crippen LogP contribution >= 0.6 is 0 Å².